The molecule has 0 saturated heterocycles. The number of pyridine rings is 1. The molecule has 34 heavy (non-hydrogen) atoms. The molecule has 6 nitrogen and oxygen atoms in total. The van der Waals surface area contributed by atoms with Gasteiger partial charge in [0.2, 0.25) is 0 Å². The van der Waals surface area contributed by atoms with Gasteiger partial charge in [-0.15, -0.1) is 0 Å². The highest BCUT2D eigenvalue weighted by Gasteiger charge is 2.38. The van der Waals surface area contributed by atoms with Crippen LogP contribution < -0.4 is 4.74 Å². The molecule has 0 spiro atoms. The quantitative estimate of drug-likeness (QED) is 0.481. The Morgan fingerprint density at radius 2 is 1.79 bits per heavy atom. The Balaban J connectivity index is 0.000000406. The predicted molar refractivity (Wildman–Crippen MR) is 120 cm³/mol. The zero-order chi connectivity index (χ0) is 24.7. The monoisotopic (exact) mass is 472 g/mol. The molecule has 2 heterocycles. The lowest BCUT2D eigenvalue weighted by molar-refractivity contribution is -0.192. The van der Waals surface area contributed by atoms with Gasteiger partial charge in [-0.2, -0.15) is 13.2 Å². The van der Waals surface area contributed by atoms with Crippen molar-refractivity contribution in [2.75, 3.05) is 6.54 Å². The standard InChI is InChI=1S/C23H22N2O2.C2HF3O2/c1-2-3-12-25-16-21-20(23(25)26)10-7-11-22(21)27-19-13-18(14-24-15-19)17-8-5-4-6-9-17;3-2(4,5)1(6)7/h4-11,13-15H,2-3,12,16H2,1H3;(H,6,7). The van der Waals surface area contributed by atoms with Gasteiger partial charge >= 0.3 is 12.1 Å². The number of rotatable bonds is 6. The number of hydrogen-bond donors (Lipinski definition) is 1. The van der Waals surface area contributed by atoms with Crippen LogP contribution >= 0.6 is 0 Å². The van der Waals surface area contributed by atoms with Gasteiger partial charge in [0.1, 0.15) is 11.5 Å². The zero-order valence-electron chi connectivity index (χ0n) is 18.4. The second-order valence-corrected chi connectivity index (χ2v) is 7.54. The topological polar surface area (TPSA) is 79.7 Å². The summed E-state index contributed by atoms with van der Waals surface area (Å²) >= 11 is 0. The summed E-state index contributed by atoms with van der Waals surface area (Å²) in [5.74, 6) is -1.26. The van der Waals surface area contributed by atoms with E-state index in [4.69, 9.17) is 14.6 Å². The van der Waals surface area contributed by atoms with Crippen molar-refractivity contribution in [2.24, 2.45) is 0 Å². The van der Waals surface area contributed by atoms with Crippen molar-refractivity contribution < 1.29 is 32.6 Å². The van der Waals surface area contributed by atoms with Crippen LogP contribution in [0.4, 0.5) is 13.2 Å². The van der Waals surface area contributed by atoms with E-state index in [1.807, 2.05) is 65.7 Å². The normalized spacial score (nSPS) is 12.6. The number of hydrogen-bond acceptors (Lipinski definition) is 4. The summed E-state index contributed by atoms with van der Waals surface area (Å²) in [5.41, 5.74) is 3.80. The van der Waals surface area contributed by atoms with Crippen molar-refractivity contribution >= 4 is 11.9 Å². The highest BCUT2D eigenvalue weighted by atomic mass is 19.4. The average molecular weight is 472 g/mol. The lowest BCUT2D eigenvalue weighted by atomic mass is 10.1. The van der Waals surface area contributed by atoms with E-state index in [1.54, 1.807) is 6.20 Å². The fourth-order valence-corrected chi connectivity index (χ4v) is 3.38. The van der Waals surface area contributed by atoms with E-state index in [2.05, 4.69) is 11.9 Å². The van der Waals surface area contributed by atoms with Crippen LogP contribution in [0.15, 0.2) is 67.0 Å². The summed E-state index contributed by atoms with van der Waals surface area (Å²) in [5, 5.41) is 7.12. The first kappa shape index (κ1) is 24.8. The van der Waals surface area contributed by atoms with Gasteiger partial charge in [0.05, 0.1) is 12.7 Å². The summed E-state index contributed by atoms with van der Waals surface area (Å²) in [7, 11) is 0. The van der Waals surface area contributed by atoms with Crippen LogP contribution in [0.5, 0.6) is 11.5 Å². The van der Waals surface area contributed by atoms with Crippen LogP contribution in [0.2, 0.25) is 0 Å². The molecular formula is C25H23F3N2O4. The van der Waals surface area contributed by atoms with E-state index in [9.17, 15) is 18.0 Å². The molecule has 1 aliphatic rings. The molecule has 9 heteroatoms. The molecule has 0 saturated carbocycles. The Kier molecular flexibility index (Phi) is 7.88. The van der Waals surface area contributed by atoms with Crippen LogP contribution in [-0.4, -0.2) is 39.6 Å². The van der Waals surface area contributed by atoms with Gasteiger partial charge in [-0.25, -0.2) is 4.79 Å². The van der Waals surface area contributed by atoms with Crippen LogP contribution in [0.3, 0.4) is 0 Å². The molecule has 0 aliphatic carbocycles. The predicted octanol–water partition coefficient (Wildman–Crippen LogP) is 5.93. The van der Waals surface area contributed by atoms with Gasteiger partial charge in [0, 0.05) is 29.4 Å². The van der Waals surface area contributed by atoms with Gasteiger partial charge in [-0.05, 0) is 30.2 Å². The van der Waals surface area contributed by atoms with E-state index in [0.717, 1.165) is 47.4 Å². The van der Waals surface area contributed by atoms with Gasteiger partial charge in [0.15, 0.2) is 0 Å². The molecular weight excluding hydrogens is 449 g/mol. The SMILES string of the molecule is CCCCN1Cc2c(Oc3cncc(-c4ccccc4)c3)cccc2C1=O.O=C(O)C(F)(F)F. The lowest BCUT2D eigenvalue weighted by Crippen LogP contribution is -2.24. The van der Waals surface area contributed by atoms with Crippen LogP contribution in [0.1, 0.15) is 35.7 Å². The van der Waals surface area contributed by atoms with E-state index < -0.39 is 12.1 Å². The number of unbranched alkanes of at least 4 members (excludes halogenated alkanes) is 1. The number of aromatic nitrogens is 1. The van der Waals surface area contributed by atoms with Gasteiger partial charge in [0.25, 0.3) is 5.91 Å². The molecule has 3 aromatic rings. The zero-order valence-corrected chi connectivity index (χ0v) is 18.4. The third-order valence-corrected chi connectivity index (χ3v) is 5.07. The van der Waals surface area contributed by atoms with Gasteiger partial charge in [-0.1, -0.05) is 49.7 Å². The lowest BCUT2D eigenvalue weighted by Gasteiger charge is -2.15. The molecule has 0 fully saturated rings. The van der Waals surface area contributed by atoms with E-state index >= 15 is 0 Å². The number of ether oxygens (including phenoxy) is 1. The van der Waals surface area contributed by atoms with E-state index in [-0.39, 0.29) is 5.91 Å². The largest absolute Gasteiger partial charge is 0.490 e. The molecule has 0 bridgehead atoms. The van der Waals surface area contributed by atoms with Crippen molar-refractivity contribution in [1.29, 1.82) is 0 Å². The molecule has 0 atom stereocenters. The van der Waals surface area contributed by atoms with Crippen molar-refractivity contribution in [3.63, 3.8) is 0 Å². The minimum Gasteiger partial charge on any atom is -0.475 e. The van der Waals surface area contributed by atoms with Crippen molar-refractivity contribution in [1.82, 2.24) is 9.88 Å². The second-order valence-electron chi connectivity index (χ2n) is 7.54. The minimum atomic E-state index is -5.08. The number of carboxylic acid groups (broad SMARTS) is 1. The molecule has 1 aromatic heterocycles. The first-order chi connectivity index (χ1) is 16.2. The highest BCUT2D eigenvalue weighted by molar-refractivity contribution is 5.99. The third kappa shape index (κ3) is 6.12. The maximum absolute atomic E-state index is 12.6. The molecule has 1 amide bonds. The number of alkyl halides is 3. The molecule has 0 radical (unpaired) electrons. The summed E-state index contributed by atoms with van der Waals surface area (Å²) in [6.07, 6.45) is 0.533. The Bertz CT molecular complexity index is 1150. The number of fused-ring (bicyclic) bond motifs is 1. The van der Waals surface area contributed by atoms with Crippen LogP contribution in [0.25, 0.3) is 11.1 Å². The highest BCUT2D eigenvalue weighted by Crippen LogP contribution is 2.34. The van der Waals surface area contributed by atoms with Crippen LogP contribution in [-0.2, 0) is 11.3 Å². The van der Waals surface area contributed by atoms with Crippen molar-refractivity contribution in [2.45, 2.75) is 32.5 Å². The number of carboxylic acids is 1. The molecule has 0 unspecified atom stereocenters. The number of halogens is 3. The number of amides is 1. The summed E-state index contributed by atoms with van der Waals surface area (Å²) in [6, 6.07) is 17.8. The Morgan fingerprint density at radius 3 is 2.44 bits per heavy atom. The Labute approximate surface area is 194 Å². The Morgan fingerprint density at radius 1 is 1.09 bits per heavy atom. The number of aliphatic carboxylic acids is 1. The third-order valence-electron chi connectivity index (χ3n) is 5.07. The first-order valence-electron chi connectivity index (χ1n) is 10.6. The van der Waals surface area contributed by atoms with Gasteiger partial charge < -0.3 is 14.7 Å². The summed E-state index contributed by atoms with van der Waals surface area (Å²) < 4.78 is 37.9. The summed E-state index contributed by atoms with van der Waals surface area (Å²) in [6.45, 7) is 3.53. The number of carbonyl (C=O) groups is 2. The average Bonchev–Trinajstić information content (AvgIpc) is 3.15. The van der Waals surface area contributed by atoms with E-state index in [0.29, 0.717) is 12.3 Å². The molecule has 2 aromatic carbocycles. The maximum Gasteiger partial charge on any atom is 0.490 e. The minimum absolute atomic E-state index is 0.0973. The molecule has 4 rings (SSSR count). The Hall–Kier alpha value is -3.88. The van der Waals surface area contributed by atoms with Crippen molar-refractivity contribution in [3.8, 4) is 22.6 Å². The number of nitrogens with zero attached hydrogens (tertiary/aromatic N) is 2. The maximum atomic E-state index is 12.6. The molecule has 178 valence electrons. The first-order valence-corrected chi connectivity index (χ1v) is 10.6. The molecule has 1 aliphatic heterocycles. The van der Waals surface area contributed by atoms with Crippen LogP contribution in [0, 0.1) is 0 Å². The molecule has 1 N–H and O–H groups in total. The number of carbonyl (C=O) groups excluding carboxylic acids is 1. The second kappa shape index (κ2) is 10.8. The van der Waals surface area contributed by atoms with Gasteiger partial charge in [-0.3, -0.25) is 9.78 Å². The smallest absolute Gasteiger partial charge is 0.475 e. The fourth-order valence-electron chi connectivity index (χ4n) is 3.38. The summed E-state index contributed by atoms with van der Waals surface area (Å²) in [4.78, 5) is 27.7. The van der Waals surface area contributed by atoms with E-state index in [1.165, 1.54) is 0 Å². The van der Waals surface area contributed by atoms with Crippen molar-refractivity contribution in [3.05, 3.63) is 78.1 Å². The number of benzene rings is 2. The fraction of sp³-hybridized carbons (Fsp3) is 0.240.